The summed E-state index contributed by atoms with van der Waals surface area (Å²) in [6, 6.07) is 5.81. The van der Waals surface area contributed by atoms with E-state index in [4.69, 9.17) is 4.74 Å². The first-order chi connectivity index (χ1) is 7.04. The predicted molar refractivity (Wildman–Crippen MR) is 61.3 cm³/mol. The molecule has 0 amide bonds. The number of ketones is 1. The number of hydrogen-bond acceptors (Lipinski definition) is 2. The first-order valence-electron chi connectivity index (χ1n) is 5.18. The van der Waals surface area contributed by atoms with Crippen LogP contribution in [0, 0.1) is 13.8 Å². The third kappa shape index (κ3) is 3.17. The van der Waals surface area contributed by atoms with E-state index in [2.05, 4.69) is 0 Å². The van der Waals surface area contributed by atoms with E-state index in [1.807, 2.05) is 39.0 Å². The van der Waals surface area contributed by atoms with E-state index in [0.717, 1.165) is 11.1 Å². The summed E-state index contributed by atoms with van der Waals surface area (Å²) in [5, 5.41) is 0. The maximum absolute atomic E-state index is 11.8. The predicted octanol–water partition coefficient (Wildman–Crippen LogP) is 2.91. The fourth-order valence-electron chi connectivity index (χ4n) is 1.38. The molecule has 0 saturated carbocycles. The van der Waals surface area contributed by atoms with Crippen LogP contribution >= 0.6 is 0 Å². The van der Waals surface area contributed by atoms with Gasteiger partial charge in [0.1, 0.15) is 0 Å². The Balaban J connectivity index is 2.78. The summed E-state index contributed by atoms with van der Waals surface area (Å²) in [6.45, 7) is 5.96. The highest BCUT2D eigenvalue weighted by atomic mass is 16.5. The lowest BCUT2D eigenvalue weighted by Gasteiger charge is -2.09. The van der Waals surface area contributed by atoms with Gasteiger partial charge < -0.3 is 4.74 Å². The second-order valence-corrected chi connectivity index (χ2v) is 3.97. The number of methoxy groups -OCH3 is 1. The summed E-state index contributed by atoms with van der Waals surface area (Å²) in [5.41, 5.74) is 3.15. The van der Waals surface area contributed by atoms with Gasteiger partial charge in [0.2, 0.25) is 0 Å². The zero-order chi connectivity index (χ0) is 11.4. The number of Topliss-reactive ketones (excluding diaryl/α,β-unsaturated/α-hetero) is 1. The summed E-state index contributed by atoms with van der Waals surface area (Å²) < 4.78 is 5.08. The number of rotatable bonds is 4. The van der Waals surface area contributed by atoms with Gasteiger partial charge in [0.05, 0.1) is 6.10 Å². The molecule has 1 rings (SSSR count). The lowest BCUT2D eigenvalue weighted by atomic mass is 10.0. The summed E-state index contributed by atoms with van der Waals surface area (Å²) in [4.78, 5) is 11.8. The van der Waals surface area contributed by atoms with Gasteiger partial charge in [0, 0.05) is 19.1 Å². The Morgan fingerprint density at radius 3 is 2.53 bits per heavy atom. The van der Waals surface area contributed by atoms with E-state index < -0.39 is 0 Å². The standard InChI is InChI=1S/C13H18O2/c1-9-5-6-12(7-10(9)2)13(14)8-11(3)15-4/h5-7,11H,8H2,1-4H3. The molecular formula is C13H18O2. The topological polar surface area (TPSA) is 26.3 Å². The van der Waals surface area contributed by atoms with Crippen molar-refractivity contribution in [1.82, 2.24) is 0 Å². The fraction of sp³-hybridized carbons (Fsp3) is 0.462. The Hall–Kier alpha value is -1.15. The molecule has 82 valence electrons. The first-order valence-corrected chi connectivity index (χ1v) is 5.18. The van der Waals surface area contributed by atoms with Crippen LogP contribution in [0.3, 0.4) is 0 Å². The molecule has 0 aromatic heterocycles. The molecule has 0 aliphatic carbocycles. The second-order valence-electron chi connectivity index (χ2n) is 3.97. The van der Waals surface area contributed by atoms with Crippen molar-refractivity contribution in [2.75, 3.05) is 7.11 Å². The molecule has 1 unspecified atom stereocenters. The number of ether oxygens (including phenoxy) is 1. The third-order valence-corrected chi connectivity index (χ3v) is 2.70. The van der Waals surface area contributed by atoms with E-state index in [0.29, 0.717) is 6.42 Å². The molecule has 0 saturated heterocycles. The van der Waals surface area contributed by atoms with Gasteiger partial charge in [-0.2, -0.15) is 0 Å². The molecule has 0 heterocycles. The first kappa shape index (κ1) is 11.9. The van der Waals surface area contributed by atoms with Gasteiger partial charge in [-0.05, 0) is 38.0 Å². The quantitative estimate of drug-likeness (QED) is 0.708. The van der Waals surface area contributed by atoms with E-state index in [1.165, 1.54) is 5.56 Å². The molecule has 0 N–H and O–H groups in total. The summed E-state index contributed by atoms with van der Waals surface area (Å²) >= 11 is 0. The molecule has 1 aromatic carbocycles. The van der Waals surface area contributed by atoms with Crippen molar-refractivity contribution in [3.05, 3.63) is 34.9 Å². The molecule has 15 heavy (non-hydrogen) atoms. The van der Waals surface area contributed by atoms with Crippen LogP contribution in [0.2, 0.25) is 0 Å². The molecule has 1 atom stereocenters. The van der Waals surface area contributed by atoms with Gasteiger partial charge >= 0.3 is 0 Å². The van der Waals surface area contributed by atoms with Crippen molar-refractivity contribution in [2.24, 2.45) is 0 Å². The minimum atomic E-state index is -0.0147. The van der Waals surface area contributed by atoms with Crippen LogP contribution in [0.1, 0.15) is 34.8 Å². The Kier molecular flexibility index (Phi) is 4.04. The maximum Gasteiger partial charge on any atom is 0.165 e. The van der Waals surface area contributed by atoms with Gasteiger partial charge in [-0.1, -0.05) is 12.1 Å². The molecule has 0 spiro atoms. The van der Waals surface area contributed by atoms with E-state index in [1.54, 1.807) is 7.11 Å². The highest BCUT2D eigenvalue weighted by molar-refractivity contribution is 5.96. The van der Waals surface area contributed by atoms with Gasteiger partial charge in [-0.3, -0.25) is 4.79 Å². The summed E-state index contributed by atoms with van der Waals surface area (Å²) in [5.74, 6) is 0.146. The number of benzene rings is 1. The minimum absolute atomic E-state index is 0.0147. The van der Waals surface area contributed by atoms with Gasteiger partial charge in [-0.15, -0.1) is 0 Å². The highest BCUT2D eigenvalue weighted by Gasteiger charge is 2.10. The van der Waals surface area contributed by atoms with Crippen LogP contribution < -0.4 is 0 Å². The van der Waals surface area contributed by atoms with Crippen LogP contribution in [-0.2, 0) is 4.74 Å². The number of hydrogen-bond donors (Lipinski definition) is 0. The van der Waals surface area contributed by atoms with E-state index in [9.17, 15) is 4.79 Å². The van der Waals surface area contributed by atoms with Crippen LogP contribution in [0.5, 0.6) is 0 Å². The third-order valence-electron chi connectivity index (χ3n) is 2.70. The molecule has 2 heteroatoms. The zero-order valence-electron chi connectivity index (χ0n) is 9.83. The Bertz CT molecular complexity index is 356. The van der Waals surface area contributed by atoms with Crippen molar-refractivity contribution in [2.45, 2.75) is 33.3 Å². The van der Waals surface area contributed by atoms with Crippen molar-refractivity contribution in [1.29, 1.82) is 0 Å². The Morgan fingerprint density at radius 2 is 2.00 bits per heavy atom. The van der Waals surface area contributed by atoms with Gasteiger partial charge in [0.25, 0.3) is 0 Å². The largest absolute Gasteiger partial charge is 0.381 e. The lowest BCUT2D eigenvalue weighted by molar-refractivity contribution is 0.0792. The van der Waals surface area contributed by atoms with Gasteiger partial charge in [-0.25, -0.2) is 0 Å². The van der Waals surface area contributed by atoms with Crippen LogP contribution in [-0.4, -0.2) is 19.0 Å². The SMILES string of the molecule is COC(C)CC(=O)c1ccc(C)c(C)c1. The van der Waals surface area contributed by atoms with Crippen LogP contribution in [0.25, 0.3) is 0 Å². The smallest absolute Gasteiger partial charge is 0.165 e. The lowest BCUT2D eigenvalue weighted by Crippen LogP contribution is -2.12. The van der Waals surface area contributed by atoms with Crippen molar-refractivity contribution in [3.63, 3.8) is 0 Å². The van der Waals surface area contributed by atoms with Crippen molar-refractivity contribution >= 4 is 5.78 Å². The van der Waals surface area contributed by atoms with E-state index >= 15 is 0 Å². The monoisotopic (exact) mass is 206 g/mol. The summed E-state index contributed by atoms with van der Waals surface area (Å²) in [7, 11) is 1.62. The van der Waals surface area contributed by atoms with E-state index in [-0.39, 0.29) is 11.9 Å². The zero-order valence-corrected chi connectivity index (χ0v) is 9.83. The molecule has 0 bridgehead atoms. The highest BCUT2D eigenvalue weighted by Crippen LogP contribution is 2.12. The molecule has 0 aliphatic rings. The number of aryl methyl sites for hydroxylation is 2. The van der Waals surface area contributed by atoms with Crippen molar-refractivity contribution in [3.8, 4) is 0 Å². The number of carbonyl (C=O) groups is 1. The van der Waals surface area contributed by atoms with Crippen LogP contribution in [0.4, 0.5) is 0 Å². The average molecular weight is 206 g/mol. The van der Waals surface area contributed by atoms with Crippen LogP contribution in [0.15, 0.2) is 18.2 Å². The molecular weight excluding hydrogens is 188 g/mol. The molecule has 0 fully saturated rings. The maximum atomic E-state index is 11.8. The Morgan fingerprint density at radius 1 is 1.33 bits per heavy atom. The van der Waals surface area contributed by atoms with Gasteiger partial charge in [0.15, 0.2) is 5.78 Å². The Labute approximate surface area is 91.3 Å². The van der Waals surface area contributed by atoms with Crippen molar-refractivity contribution < 1.29 is 9.53 Å². The molecule has 0 radical (unpaired) electrons. The molecule has 1 aromatic rings. The average Bonchev–Trinajstić information content (AvgIpc) is 2.21. The molecule has 2 nitrogen and oxygen atoms in total. The fourth-order valence-corrected chi connectivity index (χ4v) is 1.38. The summed E-state index contributed by atoms with van der Waals surface area (Å²) in [6.07, 6.45) is 0.429. The minimum Gasteiger partial charge on any atom is -0.381 e. The molecule has 0 aliphatic heterocycles. The number of carbonyl (C=O) groups excluding carboxylic acids is 1. The normalized spacial score (nSPS) is 12.5. The second kappa shape index (κ2) is 5.08.